The van der Waals surface area contributed by atoms with E-state index in [1.165, 1.54) is 5.56 Å². The van der Waals surface area contributed by atoms with Gasteiger partial charge in [-0.1, -0.05) is 6.07 Å². The molecule has 8 heteroatoms. The van der Waals surface area contributed by atoms with Crippen molar-refractivity contribution in [2.75, 3.05) is 31.9 Å². The van der Waals surface area contributed by atoms with Gasteiger partial charge < -0.3 is 19.5 Å². The number of nitrogens with zero attached hydrogens (tertiary/aromatic N) is 4. The van der Waals surface area contributed by atoms with E-state index in [4.69, 9.17) is 14.2 Å². The molecule has 0 atom stereocenters. The van der Waals surface area contributed by atoms with Gasteiger partial charge in [0.05, 0.1) is 0 Å². The molecule has 0 saturated carbocycles. The topological polar surface area (TPSA) is 82.8 Å². The zero-order valence-corrected chi connectivity index (χ0v) is 15.1. The first kappa shape index (κ1) is 16.3. The number of aromatic nitrogens is 4. The quantitative estimate of drug-likeness (QED) is 0.758. The second-order valence-corrected chi connectivity index (χ2v) is 7.05. The third kappa shape index (κ3) is 2.86. The molecule has 5 rings (SSSR count). The van der Waals surface area contributed by atoms with Gasteiger partial charge in [0.1, 0.15) is 5.82 Å². The highest BCUT2D eigenvalue weighted by molar-refractivity contribution is 5.48. The number of hydrogen-bond donors (Lipinski definition) is 1. The van der Waals surface area contributed by atoms with E-state index in [0.29, 0.717) is 0 Å². The lowest BCUT2D eigenvalue weighted by atomic mass is 9.74. The van der Waals surface area contributed by atoms with Gasteiger partial charge in [0.2, 0.25) is 6.79 Å². The molecule has 0 radical (unpaired) electrons. The zero-order valence-electron chi connectivity index (χ0n) is 15.1. The van der Waals surface area contributed by atoms with Crippen molar-refractivity contribution in [3.8, 4) is 11.5 Å². The predicted octanol–water partition coefficient (Wildman–Crippen LogP) is 2.32. The summed E-state index contributed by atoms with van der Waals surface area (Å²) in [5, 5.41) is 16.3. The third-order valence-electron chi connectivity index (χ3n) is 5.46. The minimum absolute atomic E-state index is 0.0436. The summed E-state index contributed by atoms with van der Waals surface area (Å²) in [4.78, 5) is 0. The van der Waals surface area contributed by atoms with E-state index in [-0.39, 0.29) is 12.2 Å². The molecule has 2 aliphatic rings. The first-order valence-electron chi connectivity index (χ1n) is 9.14. The molecule has 8 nitrogen and oxygen atoms in total. The molecule has 0 spiro atoms. The molecular weight excluding hydrogens is 346 g/mol. The van der Waals surface area contributed by atoms with Gasteiger partial charge in [0, 0.05) is 25.2 Å². The lowest BCUT2D eigenvalue weighted by molar-refractivity contribution is 0.0543. The van der Waals surface area contributed by atoms with E-state index >= 15 is 0 Å². The molecule has 4 heterocycles. The van der Waals surface area contributed by atoms with Crippen LogP contribution < -0.4 is 14.8 Å². The number of rotatable bonds is 4. The van der Waals surface area contributed by atoms with Gasteiger partial charge in [-0.2, -0.15) is 4.52 Å². The number of fused-ring (bicyclic) bond motifs is 2. The summed E-state index contributed by atoms with van der Waals surface area (Å²) in [5.74, 6) is 3.20. The van der Waals surface area contributed by atoms with Crippen LogP contribution in [0.25, 0.3) is 5.65 Å². The minimum Gasteiger partial charge on any atom is -0.454 e. The molecule has 0 bridgehead atoms. The van der Waals surface area contributed by atoms with Crippen molar-refractivity contribution >= 4 is 11.5 Å². The highest BCUT2D eigenvalue weighted by atomic mass is 16.7. The first-order valence-corrected chi connectivity index (χ1v) is 9.14. The van der Waals surface area contributed by atoms with Crippen molar-refractivity contribution in [1.82, 2.24) is 19.8 Å². The molecule has 1 saturated heterocycles. The van der Waals surface area contributed by atoms with Crippen molar-refractivity contribution in [3.05, 3.63) is 41.7 Å². The van der Waals surface area contributed by atoms with Crippen LogP contribution in [0.5, 0.6) is 11.5 Å². The van der Waals surface area contributed by atoms with Gasteiger partial charge in [0.15, 0.2) is 23.0 Å². The van der Waals surface area contributed by atoms with Gasteiger partial charge in [-0.05, 0) is 49.6 Å². The van der Waals surface area contributed by atoms with E-state index in [0.717, 1.165) is 61.4 Å². The zero-order chi connectivity index (χ0) is 18.3. The fraction of sp³-hybridized carbons (Fsp3) is 0.421. The number of nitrogens with one attached hydrogen (secondary N) is 1. The van der Waals surface area contributed by atoms with Crippen LogP contribution in [0.4, 0.5) is 5.82 Å². The van der Waals surface area contributed by atoms with Crippen LogP contribution in [0.1, 0.15) is 24.2 Å². The Hall–Kier alpha value is -2.87. The summed E-state index contributed by atoms with van der Waals surface area (Å²) in [6.45, 7) is 4.43. The highest BCUT2D eigenvalue weighted by Gasteiger charge is 2.35. The number of anilines is 1. The Morgan fingerprint density at radius 3 is 2.81 bits per heavy atom. The van der Waals surface area contributed by atoms with E-state index < -0.39 is 0 Å². The molecule has 1 N–H and O–H groups in total. The number of benzene rings is 1. The monoisotopic (exact) mass is 367 g/mol. The van der Waals surface area contributed by atoms with Crippen LogP contribution in [0, 0.1) is 6.92 Å². The third-order valence-corrected chi connectivity index (χ3v) is 5.46. The molecule has 27 heavy (non-hydrogen) atoms. The van der Waals surface area contributed by atoms with Gasteiger partial charge >= 0.3 is 0 Å². The van der Waals surface area contributed by atoms with Crippen LogP contribution in [-0.4, -0.2) is 46.4 Å². The van der Waals surface area contributed by atoms with Crippen LogP contribution in [0.3, 0.4) is 0 Å². The Balaban J connectivity index is 1.43. The van der Waals surface area contributed by atoms with E-state index in [9.17, 15) is 0 Å². The minimum atomic E-state index is -0.0436. The fourth-order valence-electron chi connectivity index (χ4n) is 3.81. The largest absolute Gasteiger partial charge is 0.454 e. The Kier molecular flexibility index (Phi) is 3.86. The summed E-state index contributed by atoms with van der Waals surface area (Å²) < 4.78 is 18.4. The number of ether oxygens (including phenoxy) is 3. The predicted molar refractivity (Wildman–Crippen MR) is 98.3 cm³/mol. The summed E-state index contributed by atoms with van der Waals surface area (Å²) in [6, 6.07) is 10.1. The number of aryl methyl sites for hydroxylation is 1. The standard InChI is InChI=1S/C19H21N5O3/c1-13-21-22-18-5-4-17(23-24(13)18)20-11-19(6-8-25-9-7-19)14-2-3-15-16(10-14)27-12-26-15/h2-5,10H,6-9,11-12H2,1H3,(H,20,23). The van der Waals surface area contributed by atoms with E-state index in [1.807, 2.05) is 25.1 Å². The van der Waals surface area contributed by atoms with E-state index in [2.05, 4.69) is 32.7 Å². The highest BCUT2D eigenvalue weighted by Crippen LogP contribution is 2.41. The summed E-state index contributed by atoms with van der Waals surface area (Å²) in [7, 11) is 0. The van der Waals surface area contributed by atoms with Crippen LogP contribution >= 0.6 is 0 Å². The summed E-state index contributed by atoms with van der Waals surface area (Å²) in [5.41, 5.74) is 1.94. The van der Waals surface area contributed by atoms with Gasteiger partial charge in [-0.15, -0.1) is 15.3 Å². The van der Waals surface area contributed by atoms with Gasteiger partial charge in [-0.25, -0.2) is 0 Å². The summed E-state index contributed by atoms with van der Waals surface area (Å²) in [6.07, 6.45) is 1.88. The molecule has 0 amide bonds. The smallest absolute Gasteiger partial charge is 0.231 e. The lowest BCUT2D eigenvalue weighted by Crippen LogP contribution is -2.40. The summed E-state index contributed by atoms with van der Waals surface area (Å²) >= 11 is 0. The second-order valence-electron chi connectivity index (χ2n) is 7.05. The van der Waals surface area contributed by atoms with Crippen molar-refractivity contribution in [1.29, 1.82) is 0 Å². The first-order chi connectivity index (χ1) is 13.2. The van der Waals surface area contributed by atoms with Crippen molar-refractivity contribution in [2.24, 2.45) is 0 Å². The van der Waals surface area contributed by atoms with Crippen LogP contribution in [-0.2, 0) is 10.2 Å². The maximum absolute atomic E-state index is 5.63. The van der Waals surface area contributed by atoms with Crippen LogP contribution in [0.2, 0.25) is 0 Å². The Morgan fingerprint density at radius 2 is 1.93 bits per heavy atom. The Labute approximate surface area is 156 Å². The molecule has 2 aliphatic heterocycles. The van der Waals surface area contributed by atoms with Gasteiger partial charge in [0.25, 0.3) is 0 Å². The van der Waals surface area contributed by atoms with Gasteiger partial charge in [-0.3, -0.25) is 0 Å². The maximum Gasteiger partial charge on any atom is 0.231 e. The van der Waals surface area contributed by atoms with Crippen molar-refractivity contribution < 1.29 is 14.2 Å². The molecule has 2 aromatic heterocycles. The van der Waals surface area contributed by atoms with E-state index in [1.54, 1.807) is 4.52 Å². The molecule has 0 unspecified atom stereocenters. The second kappa shape index (κ2) is 6.38. The molecule has 3 aromatic rings. The average molecular weight is 367 g/mol. The molecule has 1 aromatic carbocycles. The number of hydrogen-bond acceptors (Lipinski definition) is 7. The van der Waals surface area contributed by atoms with Crippen molar-refractivity contribution in [2.45, 2.75) is 25.2 Å². The SMILES string of the molecule is Cc1nnc2ccc(NCC3(c4ccc5c(c4)OCO5)CCOCC3)nn12. The Morgan fingerprint density at radius 1 is 1.07 bits per heavy atom. The molecular formula is C19H21N5O3. The fourth-order valence-corrected chi connectivity index (χ4v) is 3.81. The lowest BCUT2D eigenvalue weighted by Gasteiger charge is -2.38. The molecule has 140 valence electrons. The molecule has 0 aliphatic carbocycles. The van der Waals surface area contributed by atoms with Crippen molar-refractivity contribution in [3.63, 3.8) is 0 Å². The normalized spacial score (nSPS) is 18.0. The van der Waals surface area contributed by atoms with Crippen LogP contribution in [0.15, 0.2) is 30.3 Å². The maximum atomic E-state index is 5.63. The molecule has 1 fully saturated rings. The average Bonchev–Trinajstić information content (AvgIpc) is 3.33. The Bertz CT molecular complexity index is 981.